The van der Waals surface area contributed by atoms with Gasteiger partial charge in [-0.05, 0) is 30.4 Å². The highest BCUT2D eigenvalue weighted by Gasteiger charge is 2.28. The maximum atomic E-state index is 11.6. The van der Waals surface area contributed by atoms with Crippen LogP contribution in [0, 0.1) is 5.92 Å². The minimum Gasteiger partial charge on any atom is -0.465 e. The second-order valence-electron chi connectivity index (χ2n) is 4.30. The van der Waals surface area contributed by atoms with E-state index >= 15 is 0 Å². The van der Waals surface area contributed by atoms with E-state index in [-0.39, 0.29) is 12.0 Å². The summed E-state index contributed by atoms with van der Waals surface area (Å²) in [4.78, 5) is 11.6. The van der Waals surface area contributed by atoms with Crippen molar-refractivity contribution in [3.05, 3.63) is 35.4 Å². The molecule has 0 spiro atoms. The molecule has 0 heterocycles. The van der Waals surface area contributed by atoms with Crippen molar-refractivity contribution in [1.82, 2.24) is 0 Å². The molecule has 0 amide bonds. The Hall–Kier alpha value is -1.35. The number of esters is 1. The van der Waals surface area contributed by atoms with Crippen molar-refractivity contribution in [1.29, 1.82) is 0 Å². The minimum absolute atomic E-state index is 0.0379. The fraction of sp³-hybridized carbons (Fsp3) is 0.462. The van der Waals surface area contributed by atoms with Gasteiger partial charge in [0, 0.05) is 6.04 Å². The van der Waals surface area contributed by atoms with Crippen molar-refractivity contribution < 1.29 is 9.53 Å². The van der Waals surface area contributed by atoms with Crippen LogP contribution in [0.3, 0.4) is 0 Å². The Labute approximate surface area is 95.6 Å². The Morgan fingerprint density at radius 1 is 1.44 bits per heavy atom. The van der Waals surface area contributed by atoms with E-state index in [0.29, 0.717) is 11.5 Å². The number of hydrogen-bond acceptors (Lipinski definition) is 3. The summed E-state index contributed by atoms with van der Waals surface area (Å²) in [6, 6.07) is 7.42. The second kappa shape index (κ2) is 4.66. The number of rotatable bonds is 3. The lowest BCUT2D eigenvalue weighted by molar-refractivity contribution is 0.0598. The zero-order chi connectivity index (χ0) is 11.5. The van der Waals surface area contributed by atoms with Gasteiger partial charge in [-0.3, -0.25) is 0 Å². The fourth-order valence-electron chi connectivity index (χ4n) is 2.14. The molecule has 1 saturated carbocycles. The molecule has 2 rings (SSSR count). The van der Waals surface area contributed by atoms with Gasteiger partial charge in [0.1, 0.15) is 0 Å². The third kappa shape index (κ3) is 1.95. The van der Waals surface area contributed by atoms with Crippen LogP contribution in [-0.4, -0.2) is 13.1 Å². The Morgan fingerprint density at radius 3 is 2.69 bits per heavy atom. The summed E-state index contributed by atoms with van der Waals surface area (Å²) in [5, 5.41) is 0. The molecule has 86 valence electrons. The SMILES string of the molecule is COC(=O)c1ccccc1[C@H](N)C1CCC1. The lowest BCUT2D eigenvalue weighted by Gasteiger charge is -2.32. The van der Waals surface area contributed by atoms with Gasteiger partial charge < -0.3 is 10.5 Å². The Balaban J connectivity index is 2.27. The highest BCUT2D eigenvalue weighted by molar-refractivity contribution is 5.91. The molecule has 1 fully saturated rings. The summed E-state index contributed by atoms with van der Waals surface area (Å²) in [6.45, 7) is 0. The van der Waals surface area contributed by atoms with E-state index in [1.165, 1.54) is 13.5 Å². The van der Waals surface area contributed by atoms with Crippen LogP contribution in [0.5, 0.6) is 0 Å². The van der Waals surface area contributed by atoms with Gasteiger partial charge in [0.15, 0.2) is 0 Å². The van der Waals surface area contributed by atoms with E-state index in [0.717, 1.165) is 18.4 Å². The summed E-state index contributed by atoms with van der Waals surface area (Å²) in [5.74, 6) is 0.219. The molecule has 1 aliphatic rings. The van der Waals surface area contributed by atoms with Crippen LogP contribution in [-0.2, 0) is 4.74 Å². The molecule has 0 radical (unpaired) electrons. The van der Waals surface area contributed by atoms with Crippen LogP contribution in [0.4, 0.5) is 0 Å². The molecule has 0 saturated heterocycles. The minimum atomic E-state index is -0.301. The molecule has 1 aromatic rings. The highest BCUT2D eigenvalue weighted by atomic mass is 16.5. The quantitative estimate of drug-likeness (QED) is 0.793. The first-order valence-corrected chi connectivity index (χ1v) is 5.67. The number of nitrogens with two attached hydrogens (primary N) is 1. The van der Waals surface area contributed by atoms with Crippen molar-refractivity contribution in [2.75, 3.05) is 7.11 Å². The molecule has 1 atom stereocenters. The first-order chi connectivity index (χ1) is 7.74. The third-order valence-corrected chi connectivity index (χ3v) is 3.38. The molecule has 0 aromatic heterocycles. The van der Waals surface area contributed by atoms with Gasteiger partial charge in [0.25, 0.3) is 0 Å². The molecule has 3 heteroatoms. The van der Waals surface area contributed by atoms with Gasteiger partial charge in [0.2, 0.25) is 0 Å². The van der Waals surface area contributed by atoms with E-state index in [1.54, 1.807) is 6.07 Å². The summed E-state index contributed by atoms with van der Waals surface area (Å²) in [5.41, 5.74) is 7.70. The summed E-state index contributed by atoms with van der Waals surface area (Å²) < 4.78 is 4.76. The summed E-state index contributed by atoms with van der Waals surface area (Å²) in [6.07, 6.45) is 3.58. The molecular formula is C13H17NO2. The van der Waals surface area contributed by atoms with Crippen molar-refractivity contribution in [3.8, 4) is 0 Å². The Bertz CT molecular complexity index is 385. The van der Waals surface area contributed by atoms with Crippen molar-refractivity contribution in [2.45, 2.75) is 25.3 Å². The van der Waals surface area contributed by atoms with Gasteiger partial charge in [-0.15, -0.1) is 0 Å². The first-order valence-electron chi connectivity index (χ1n) is 5.67. The summed E-state index contributed by atoms with van der Waals surface area (Å²) >= 11 is 0. The van der Waals surface area contributed by atoms with Crippen molar-refractivity contribution in [2.24, 2.45) is 11.7 Å². The second-order valence-corrected chi connectivity index (χ2v) is 4.30. The Kier molecular flexibility index (Phi) is 3.25. The monoisotopic (exact) mass is 219 g/mol. The molecule has 0 bridgehead atoms. The average Bonchev–Trinajstić information content (AvgIpc) is 2.25. The number of hydrogen-bond donors (Lipinski definition) is 1. The lowest BCUT2D eigenvalue weighted by Crippen LogP contribution is -2.28. The molecular weight excluding hydrogens is 202 g/mol. The molecule has 2 N–H and O–H groups in total. The Morgan fingerprint density at radius 2 is 2.12 bits per heavy atom. The molecule has 0 unspecified atom stereocenters. The van der Waals surface area contributed by atoms with Crippen molar-refractivity contribution in [3.63, 3.8) is 0 Å². The zero-order valence-electron chi connectivity index (χ0n) is 9.48. The van der Waals surface area contributed by atoms with Crippen LogP contribution in [0.1, 0.15) is 41.2 Å². The normalized spacial score (nSPS) is 17.6. The van der Waals surface area contributed by atoms with Gasteiger partial charge >= 0.3 is 5.97 Å². The van der Waals surface area contributed by atoms with E-state index < -0.39 is 0 Å². The van der Waals surface area contributed by atoms with Crippen LogP contribution in [0.25, 0.3) is 0 Å². The van der Waals surface area contributed by atoms with Gasteiger partial charge in [-0.25, -0.2) is 4.79 Å². The highest BCUT2D eigenvalue weighted by Crippen LogP contribution is 2.37. The molecule has 3 nitrogen and oxygen atoms in total. The third-order valence-electron chi connectivity index (χ3n) is 3.38. The van der Waals surface area contributed by atoms with E-state index in [1.807, 2.05) is 18.2 Å². The van der Waals surface area contributed by atoms with Crippen LogP contribution < -0.4 is 5.73 Å². The topological polar surface area (TPSA) is 52.3 Å². The first kappa shape index (κ1) is 11.1. The number of benzene rings is 1. The standard InChI is InChI=1S/C13H17NO2/c1-16-13(15)11-8-3-2-7-10(11)12(14)9-5-4-6-9/h2-3,7-9,12H,4-6,14H2,1H3/t12-/m1/s1. The lowest BCUT2D eigenvalue weighted by atomic mass is 9.77. The largest absolute Gasteiger partial charge is 0.465 e. The smallest absolute Gasteiger partial charge is 0.338 e. The van der Waals surface area contributed by atoms with Gasteiger partial charge in [-0.1, -0.05) is 24.6 Å². The summed E-state index contributed by atoms with van der Waals surface area (Å²) in [7, 11) is 1.40. The van der Waals surface area contributed by atoms with Gasteiger partial charge in [-0.2, -0.15) is 0 Å². The fourth-order valence-corrected chi connectivity index (χ4v) is 2.14. The molecule has 1 aliphatic carbocycles. The number of ether oxygens (including phenoxy) is 1. The zero-order valence-corrected chi connectivity index (χ0v) is 9.48. The average molecular weight is 219 g/mol. The predicted molar refractivity (Wildman–Crippen MR) is 62.1 cm³/mol. The van der Waals surface area contributed by atoms with Gasteiger partial charge in [0.05, 0.1) is 12.7 Å². The van der Waals surface area contributed by atoms with Crippen LogP contribution >= 0.6 is 0 Å². The van der Waals surface area contributed by atoms with Crippen LogP contribution in [0.2, 0.25) is 0 Å². The number of carbonyl (C=O) groups excluding carboxylic acids is 1. The van der Waals surface area contributed by atoms with Crippen LogP contribution in [0.15, 0.2) is 24.3 Å². The molecule has 1 aromatic carbocycles. The number of methoxy groups -OCH3 is 1. The molecule has 0 aliphatic heterocycles. The van der Waals surface area contributed by atoms with E-state index in [4.69, 9.17) is 10.5 Å². The van der Waals surface area contributed by atoms with E-state index in [9.17, 15) is 4.79 Å². The maximum Gasteiger partial charge on any atom is 0.338 e. The van der Waals surface area contributed by atoms with Crippen molar-refractivity contribution >= 4 is 5.97 Å². The van der Waals surface area contributed by atoms with E-state index in [2.05, 4.69) is 0 Å². The maximum absolute atomic E-state index is 11.6. The number of carbonyl (C=O) groups is 1. The predicted octanol–water partition coefficient (Wildman–Crippen LogP) is 2.27. The molecule has 16 heavy (non-hydrogen) atoms.